The number of hydrogen-bond donors (Lipinski definition) is 0. The zero-order valence-electron chi connectivity index (χ0n) is 11.2. The van der Waals surface area contributed by atoms with Crippen molar-refractivity contribution in [2.24, 2.45) is 13.0 Å². The summed E-state index contributed by atoms with van der Waals surface area (Å²) in [6.07, 6.45) is 9.19. The van der Waals surface area contributed by atoms with Crippen LogP contribution in [0.4, 0.5) is 0 Å². The van der Waals surface area contributed by atoms with Gasteiger partial charge in [-0.05, 0) is 31.6 Å². The molecule has 1 saturated heterocycles. The van der Waals surface area contributed by atoms with Gasteiger partial charge in [-0.1, -0.05) is 0 Å². The Bertz CT molecular complexity index is 380. The van der Waals surface area contributed by atoms with Crippen molar-refractivity contribution in [3.63, 3.8) is 0 Å². The van der Waals surface area contributed by atoms with Crippen LogP contribution in [0.5, 0.6) is 0 Å². The predicted molar refractivity (Wildman–Crippen MR) is 70.2 cm³/mol. The molecule has 1 aliphatic heterocycles. The normalized spacial score (nSPS) is 24.7. The van der Waals surface area contributed by atoms with Gasteiger partial charge in [0.25, 0.3) is 0 Å². The maximum Gasteiger partial charge on any atom is 0.122 e. The van der Waals surface area contributed by atoms with E-state index in [0.717, 1.165) is 31.7 Å². The van der Waals surface area contributed by atoms with E-state index in [1.165, 1.54) is 38.1 Å². The Balaban J connectivity index is 1.59. The van der Waals surface area contributed by atoms with E-state index in [0.29, 0.717) is 0 Å². The lowest BCUT2D eigenvalue weighted by atomic mass is 10.0. The molecular weight excluding hydrogens is 226 g/mol. The molecule has 2 fully saturated rings. The molecule has 1 atom stereocenters. The van der Waals surface area contributed by atoms with Gasteiger partial charge in [-0.2, -0.15) is 0 Å². The monoisotopic (exact) mass is 249 g/mol. The molecule has 0 spiro atoms. The fourth-order valence-corrected chi connectivity index (χ4v) is 2.80. The molecule has 0 unspecified atom stereocenters. The van der Waals surface area contributed by atoms with E-state index < -0.39 is 0 Å². The summed E-state index contributed by atoms with van der Waals surface area (Å²) >= 11 is 0. The lowest BCUT2D eigenvalue weighted by Crippen LogP contribution is -2.35. The number of aromatic nitrogens is 2. The highest BCUT2D eigenvalue weighted by molar-refractivity contribution is 4.95. The van der Waals surface area contributed by atoms with Crippen LogP contribution in [0.2, 0.25) is 0 Å². The van der Waals surface area contributed by atoms with Crippen LogP contribution in [-0.4, -0.2) is 40.3 Å². The molecule has 0 amide bonds. The summed E-state index contributed by atoms with van der Waals surface area (Å²) in [5, 5.41) is 0. The first kappa shape index (κ1) is 12.2. The second kappa shape index (κ2) is 5.41. The van der Waals surface area contributed by atoms with Gasteiger partial charge in [-0.3, -0.25) is 4.90 Å². The summed E-state index contributed by atoms with van der Waals surface area (Å²) in [7, 11) is 2.08. The van der Waals surface area contributed by atoms with Crippen LogP contribution in [0.1, 0.15) is 31.5 Å². The Labute approximate surface area is 109 Å². The molecule has 1 aromatic heterocycles. The van der Waals surface area contributed by atoms with Crippen molar-refractivity contribution in [1.82, 2.24) is 14.5 Å². The van der Waals surface area contributed by atoms with Crippen molar-refractivity contribution >= 4 is 0 Å². The van der Waals surface area contributed by atoms with Crippen LogP contribution in [-0.2, 0) is 18.3 Å². The van der Waals surface area contributed by atoms with Crippen molar-refractivity contribution in [1.29, 1.82) is 0 Å². The second-order valence-corrected chi connectivity index (χ2v) is 5.70. The maximum absolute atomic E-state index is 5.59. The number of rotatable bonds is 5. The second-order valence-electron chi connectivity index (χ2n) is 5.70. The molecule has 3 rings (SSSR count). The zero-order chi connectivity index (χ0) is 12.4. The van der Waals surface area contributed by atoms with E-state index in [4.69, 9.17) is 4.74 Å². The first-order valence-corrected chi connectivity index (χ1v) is 7.11. The lowest BCUT2D eigenvalue weighted by Gasteiger charge is -2.29. The van der Waals surface area contributed by atoms with Gasteiger partial charge < -0.3 is 9.30 Å². The van der Waals surface area contributed by atoms with E-state index >= 15 is 0 Å². The van der Waals surface area contributed by atoms with E-state index in [9.17, 15) is 0 Å². The Kier molecular flexibility index (Phi) is 3.66. The fraction of sp³-hybridized carbons (Fsp3) is 0.786. The average Bonchev–Trinajstić information content (AvgIpc) is 3.16. The van der Waals surface area contributed by atoms with Gasteiger partial charge in [-0.25, -0.2) is 4.98 Å². The van der Waals surface area contributed by atoms with Gasteiger partial charge >= 0.3 is 0 Å². The van der Waals surface area contributed by atoms with Crippen molar-refractivity contribution < 1.29 is 4.74 Å². The van der Waals surface area contributed by atoms with Crippen LogP contribution in [0, 0.1) is 5.92 Å². The van der Waals surface area contributed by atoms with Gasteiger partial charge in [0.2, 0.25) is 0 Å². The van der Waals surface area contributed by atoms with E-state index in [2.05, 4.69) is 21.5 Å². The minimum atomic E-state index is 0.722. The zero-order valence-corrected chi connectivity index (χ0v) is 11.2. The largest absolute Gasteiger partial charge is 0.381 e. The highest BCUT2D eigenvalue weighted by atomic mass is 16.5. The molecular formula is C14H23N3O. The molecule has 0 aromatic carbocycles. The number of hydrogen-bond acceptors (Lipinski definition) is 3. The first-order valence-electron chi connectivity index (χ1n) is 7.11. The molecule has 2 heterocycles. The molecule has 100 valence electrons. The number of nitrogens with zero attached hydrogens (tertiary/aromatic N) is 3. The highest BCUT2D eigenvalue weighted by Gasteiger charge is 2.31. The lowest BCUT2D eigenvalue weighted by molar-refractivity contribution is 0.0353. The van der Waals surface area contributed by atoms with Gasteiger partial charge in [-0.15, -0.1) is 0 Å². The Morgan fingerprint density at radius 3 is 2.94 bits per heavy atom. The number of aryl methyl sites for hydroxylation is 1. The standard InChI is InChI=1S/C14H23N3O/c1-16-7-6-15-14(16)10-17(13-4-5-13)9-12-3-2-8-18-11-12/h6-7,12-13H,2-5,8-11H2,1H3/t12-/m1/s1. The fourth-order valence-electron chi connectivity index (χ4n) is 2.80. The Morgan fingerprint density at radius 1 is 1.44 bits per heavy atom. The first-order chi connectivity index (χ1) is 8.83. The Hall–Kier alpha value is -0.870. The van der Waals surface area contributed by atoms with E-state index in [1.807, 2.05) is 12.4 Å². The molecule has 1 aliphatic carbocycles. The van der Waals surface area contributed by atoms with Crippen molar-refractivity contribution in [2.75, 3.05) is 19.8 Å². The van der Waals surface area contributed by atoms with Gasteiger partial charge in [0.15, 0.2) is 0 Å². The molecule has 4 heteroatoms. The quantitative estimate of drug-likeness (QED) is 0.797. The van der Waals surface area contributed by atoms with Crippen LogP contribution >= 0.6 is 0 Å². The molecule has 4 nitrogen and oxygen atoms in total. The molecule has 1 aromatic rings. The molecule has 0 N–H and O–H groups in total. The molecule has 1 saturated carbocycles. The van der Waals surface area contributed by atoms with Gasteiger partial charge in [0.05, 0.1) is 13.2 Å². The minimum Gasteiger partial charge on any atom is -0.381 e. The van der Waals surface area contributed by atoms with Crippen LogP contribution in [0.25, 0.3) is 0 Å². The van der Waals surface area contributed by atoms with E-state index in [-0.39, 0.29) is 0 Å². The SMILES string of the molecule is Cn1ccnc1CN(C[C@H]1CCCOC1)C1CC1. The summed E-state index contributed by atoms with van der Waals surface area (Å²) in [6, 6.07) is 0.795. The average molecular weight is 249 g/mol. The summed E-state index contributed by atoms with van der Waals surface area (Å²) < 4.78 is 7.73. The summed E-state index contributed by atoms with van der Waals surface area (Å²) in [6.45, 7) is 4.07. The molecule has 18 heavy (non-hydrogen) atoms. The summed E-state index contributed by atoms with van der Waals surface area (Å²) in [5.74, 6) is 1.90. The van der Waals surface area contributed by atoms with Crippen LogP contribution in [0.15, 0.2) is 12.4 Å². The van der Waals surface area contributed by atoms with Crippen LogP contribution < -0.4 is 0 Å². The smallest absolute Gasteiger partial charge is 0.122 e. The van der Waals surface area contributed by atoms with Crippen molar-refractivity contribution in [3.8, 4) is 0 Å². The number of imidazole rings is 1. The van der Waals surface area contributed by atoms with E-state index in [1.54, 1.807) is 0 Å². The third kappa shape index (κ3) is 2.93. The predicted octanol–water partition coefficient (Wildman–Crippen LogP) is 1.81. The van der Waals surface area contributed by atoms with Crippen molar-refractivity contribution in [3.05, 3.63) is 18.2 Å². The van der Waals surface area contributed by atoms with Gasteiger partial charge in [0, 0.05) is 38.6 Å². The van der Waals surface area contributed by atoms with Crippen molar-refractivity contribution in [2.45, 2.75) is 38.3 Å². The molecule has 0 bridgehead atoms. The minimum absolute atomic E-state index is 0.722. The third-order valence-corrected chi connectivity index (χ3v) is 4.08. The Morgan fingerprint density at radius 2 is 2.33 bits per heavy atom. The number of ether oxygens (including phenoxy) is 1. The molecule has 2 aliphatic rings. The summed E-state index contributed by atoms with van der Waals surface area (Å²) in [4.78, 5) is 7.06. The maximum atomic E-state index is 5.59. The molecule has 0 radical (unpaired) electrons. The highest BCUT2D eigenvalue weighted by Crippen LogP contribution is 2.30. The van der Waals surface area contributed by atoms with Gasteiger partial charge in [0.1, 0.15) is 5.82 Å². The van der Waals surface area contributed by atoms with Crippen LogP contribution in [0.3, 0.4) is 0 Å². The third-order valence-electron chi connectivity index (χ3n) is 4.08. The topological polar surface area (TPSA) is 30.3 Å². The summed E-state index contributed by atoms with van der Waals surface area (Å²) in [5.41, 5.74) is 0.